The molecule has 0 unspecified atom stereocenters. The van der Waals surface area contributed by atoms with E-state index in [9.17, 15) is 14.6 Å². The zero-order valence-corrected chi connectivity index (χ0v) is 13.8. The molecule has 2 N–H and O–H groups in total. The number of fused-ring (bicyclic) bond motifs is 5. The van der Waals surface area contributed by atoms with E-state index in [2.05, 4.69) is 13.0 Å². The van der Waals surface area contributed by atoms with Crippen molar-refractivity contribution in [3.8, 4) is 5.75 Å². The Bertz CT molecular complexity index is 601. The average Bonchev–Trinajstić information content (AvgIpc) is 2.77. The molecular formula is C20H27FO2. The number of aliphatic hydroxyl groups is 1. The second kappa shape index (κ2) is 5.47. The first kappa shape index (κ1) is 15.4. The summed E-state index contributed by atoms with van der Waals surface area (Å²) in [6.07, 6.45) is 5.40. The van der Waals surface area contributed by atoms with Crippen LogP contribution in [-0.4, -0.2) is 23.0 Å². The van der Waals surface area contributed by atoms with Crippen LogP contribution in [-0.2, 0) is 6.42 Å². The molecule has 0 heterocycles. The van der Waals surface area contributed by atoms with E-state index < -0.39 is 0 Å². The van der Waals surface area contributed by atoms with E-state index in [1.165, 1.54) is 11.1 Å². The molecule has 0 radical (unpaired) electrons. The Morgan fingerprint density at radius 2 is 2.13 bits per heavy atom. The number of aliphatic hydroxyl groups excluding tert-OH is 1. The number of benzene rings is 1. The Morgan fingerprint density at radius 1 is 1.30 bits per heavy atom. The third kappa shape index (κ3) is 2.31. The summed E-state index contributed by atoms with van der Waals surface area (Å²) in [6, 6.07) is 5.82. The number of halogens is 1. The van der Waals surface area contributed by atoms with Gasteiger partial charge < -0.3 is 10.2 Å². The van der Waals surface area contributed by atoms with Crippen LogP contribution in [0.15, 0.2) is 18.2 Å². The molecule has 0 saturated heterocycles. The van der Waals surface area contributed by atoms with Crippen molar-refractivity contribution in [2.24, 2.45) is 23.2 Å². The summed E-state index contributed by atoms with van der Waals surface area (Å²) < 4.78 is 13.1. The number of rotatable bonds is 2. The predicted molar refractivity (Wildman–Crippen MR) is 88.2 cm³/mol. The van der Waals surface area contributed by atoms with E-state index in [0.717, 1.165) is 32.1 Å². The summed E-state index contributed by atoms with van der Waals surface area (Å²) in [6.45, 7) is 2.00. The standard InChI is InChI=1S/C20H27FO2/c1-20-8-6-15-14-5-3-13(22)10-12(14)2-4-16(15)19(20)17(7-9-21)18(23)11-20/h3,5,10,15-19,22-23H,2,4,6-9,11H2,1H3/t15-,16-,17-,18-,19-,20-/m1/s1. The van der Waals surface area contributed by atoms with Gasteiger partial charge in [0.2, 0.25) is 0 Å². The molecule has 2 nitrogen and oxygen atoms in total. The largest absolute Gasteiger partial charge is 0.508 e. The maximum atomic E-state index is 13.1. The van der Waals surface area contributed by atoms with Gasteiger partial charge in [-0.15, -0.1) is 0 Å². The van der Waals surface area contributed by atoms with Crippen LogP contribution in [0.25, 0.3) is 0 Å². The van der Waals surface area contributed by atoms with Crippen molar-refractivity contribution in [3.63, 3.8) is 0 Å². The maximum Gasteiger partial charge on any atom is 0.115 e. The minimum absolute atomic E-state index is 0.122. The number of aryl methyl sites for hydroxylation is 1. The summed E-state index contributed by atoms with van der Waals surface area (Å²) in [7, 11) is 0. The highest BCUT2D eigenvalue weighted by Crippen LogP contribution is 2.63. The van der Waals surface area contributed by atoms with E-state index in [-0.39, 0.29) is 24.1 Å². The summed E-state index contributed by atoms with van der Waals surface area (Å²) >= 11 is 0. The van der Waals surface area contributed by atoms with Gasteiger partial charge in [-0.1, -0.05) is 13.0 Å². The van der Waals surface area contributed by atoms with Crippen molar-refractivity contribution in [2.75, 3.05) is 6.67 Å². The lowest BCUT2D eigenvalue weighted by Crippen LogP contribution is -2.42. The number of phenols is 1. The van der Waals surface area contributed by atoms with Gasteiger partial charge in [0.15, 0.2) is 0 Å². The SMILES string of the molecule is C[C@]12CC[C@@H]3c4ccc(O)cc4CC[C@H]3[C@@H]1[C@H](CCF)[C@H](O)C2. The first-order valence-electron chi connectivity index (χ1n) is 9.09. The molecule has 1 aromatic carbocycles. The van der Waals surface area contributed by atoms with Crippen molar-refractivity contribution in [2.45, 2.75) is 57.5 Å². The second-order valence-electron chi connectivity index (χ2n) is 8.32. The molecule has 0 spiro atoms. The Kier molecular flexibility index (Phi) is 3.67. The lowest BCUT2D eigenvalue weighted by Gasteiger charge is -2.50. The molecule has 4 rings (SSSR count). The van der Waals surface area contributed by atoms with Crippen LogP contribution in [0.3, 0.4) is 0 Å². The van der Waals surface area contributed by atoms with E-state index in [0.29, 0.717) is 29.9 Å². The zero-order valence-electron chi connectivity index (χ0n) is 13.8. The van der Waals surface area contributed by atoms with Gasteiger partial charge in [0, 0.05) is 0 Å². The molecule has 0 amide bonds. The highest BCUT2D eigenvalue weighted by molar-refractivity contribution is 5.40. The number of hydrogen-bond acceptors (Lipinski definition) is 2. The number of hydrogen-bond donors (Lipinski definition) is 2. The minimum atomic E-state index is -0.333. The molecule has 2 saturated carbocycles. The summed E-state index contributed by atoms with van der Waals surface area (Å²) in [4.78, 5) is 0. The zero-order chi connectivity index (χ0) is 16.2. The Labute approximate surface area is 137 Å². The second-order valence-corrected chi connectivity index (χ2v) is 8.32. The van der Waals surface area contributed by atoms with Gasteiger partial charge in [-0.05, 0) is 90.9 Å². The van der Waals surface area contributed by atoms with Crippen LogP contribution in [0, 0.1) is 23.2 Å². The van der Waals surface area contributed by atoms with E-state index in [1.54, 1.807) is 6.07 Å². The molecule has 3 aliphatic rings. The molecule has 0 aromatic heterocycles. The molecule has 2 fully saturated rings. The van der Waals surface area contributed by atoms with Crippen LogP contribution in [0.1, 0.15) is 56.1 Å². The highest BCUT2D eigenvalue weighted by atomic mass is 19.1. The van der Waals surface area contributed by atoms with E-state index in [4.69, 9.17) is 0 Å². The highest BCUT2D eigenvalue weighted by Gasteiger charge is 2.57. The third-order valence-corrected chi connectivity index (χ3v) is 7.16. The Morgan fingerprint density at radius 3 is 2.91 bits per heavy atom. The van der Waals surface area contributed by atoms with Gasteiger partial charge in [0.25, 0.3) is 0 Å². The number of phenolic OH excluding ortho intramolecular Hbond substituents is 1. The van der Waals surface area contributed by atoms with E-state index >= 15 is 0 Å². The molecule has 0 bridgehead atoms. The maximum absolute atomic E-state index is 13.1. The van der Waals surface area contributed by atoms with Crippen molar-refractivity contribution < 1.29 is 14.6 Å². The smallest absolute Gasteiger partial charge is 0.115 e. The molecule has 1 aromatic rings. The Hall–Kier alpha value is -1.09. The van der Waals surface area contributed by atoms with Gasteiger partial charge in [-0.2, -0.15) is 0 Å². The molecule has 6 atom stereocenters. The monoisotopic (exact) mass is 318 g/mol. The van der Waals surface area contributed by atoms with E-state index in [1.807, 2.05) is 6.07 Å². The fourth-order valence-corrected chi connectivity index (χ4v) is 6.33. The molecular weight excluding hydrogens is 291 g/mol. The van der Waals surface area contributed by atoms with Crippen molar-refractivity contribution in [1.29, 1.82) is 0 Å². The molecule has 23 heavy (non-hydrogen) atoms. The van der Waals surface area contributed by atoms with Crippen LogP contribution in [0.2, 0.25) is 0 Å². The lowest BCUT2D eigenvalue weighted by atomic mass is 9.54. The van der Waals surface area contributed by atoms with Crippen molar-refractivity contribution >= 4 is 0 Å². The van der Waals surface area contributed by atoms with Crippen LogP contribution < -0.4 is 0 Å². The fourth-order valence-electron chi connectivity index (χ4n) is 6.33. The fraction of sp³-hybridized carbons (Fsp3) is 0.700. The quantitative estimate of drug-likeness (QED) is 0.858. The number of alkyl halides is 1. The minimum Gasteiger partial charge on any atom is -0.508 e. The van der Waals surface area contributed by atoms with Crippen LogP contribution >= 0.6 is 0 Å². The normalized spacial score (nSPS) is 42.0. The van der Waals surface area contributed by atoms with Gasteiger partial charge in [0.05, 0.1) is 12.8 Å². The summed E-state index contributed by atoms with van der Waals surface area (Å²) in [5, 5.41) is 20.3. The van der Waals surface area contributed by atoms with Crippen LogP contribution in [0.4, 0.5) is 4.39 Å². The molecule has 3 heteroatoms. The topological polar surface area (TPSA) is 40.5 Å². The Balaban J connectivity index is 1.70. The third-order valence-electron chi connectivity index (χ3n) is 7.16. The summed E-state index contributed by atoms with van der Waals surface area (Å²) in [5.41, 5.74) is 2.85. The van der Waals surface area contributed by atoms with Crippen LogP contribution in [0.5, 0.6) is 5.75 Å². The van der Waals surface area contributed by atoms with Gasteiger partial charge in [0.1, 0.15) is 5.75 Å². The molecule has 0 aliphatic heterocycles. The van der Waals surface area contributed by atoms with Crippen molar-refractivity contribution in [3.05, 3.63) is 29.3 Å². The number of aromatic hydroxyl groups is 1. The predicted octanol–water partition coefficient (Wildman–Crippen LogP) is 4.19. The van der Waals surface area contributed by atoms with Crippen molar-refractivity contribution in [1.82, 2.24) is 0 Å². The average molecular weight is 318 g/mol. The first-order chi connectivity index (χ1) is 11.0. The molecule has 3 aliphatic carbocycles. The van der Waals surface area contributed by atoms with Gasteiger partial charge >= 0.3 is 0 Å². The van der Waals surface area contributed by atoms with Gasteiger partial charge in [-0.3, -0.25) is 4.39 Å². The first-order valence-corrected chi connectivity index (χ1v) is 9.09. The lowest BCUT2D eigenvalue weighted by molar-refractivity contribution is 0.0242. The summed E-state index contributed by atoms with van der Waals surface area (Å²) in [5.74, 6) is 1.99. The van der Waals surface area contributed by atoms with Gasteiger partial charge in [-0.25, -0.2) is 0 Å². The molecule has 126 valence electrons.